The SMILES string of the molecule is CCC(Nc1ccccc1C(=O)OC)c1ccc(C)cc1. The van der Waals surface area contributed by atoms with E-state index in [2.05, 4.69) is 43.4 Å². The Kier molecular flexibility index (Phi) is 4.99. The van der Waals surface area contributed by atoms with Crippen molar-refractivity contribution in [3.05, 3.63) is 65.2 Å². The molecule has 2 aromatic carbocycles. The highest BCUT2D eigenvalue weighted by Crippen LogP contribution is 2.25. The summed E-state index contributed by atoms with van der Waals surface area (Å²) in [4.78, 5) is 11.8. The van der Waals surface area contributed by atoms with Crippen LogP contribution in [0, 0.1) is 6.92 Å². The maximum Gasteiger partial charge on any atom is 0.339 e. The number of hydrogen-bond donors (Lipinski definition) is 1. The molecule has 110 valence electrons. The quantitative estimate of drug-likeness (QED) is 0.829. The third-order valence-electron chi connectivity index (χ3n) is 3.55. The van der Waals surface area contributed by atoms with E-state index >= 15 is 0 Å². The van der Waals surface area contributed by atoms with Gasteiger partial charge in [-0.3, -0.25) is 0 Å². The van der Waals surface area contributed by atoms with E-state index in [1.165, 1.54) is 18.2 Å². The Balaban J connectivity index is 2.27. The molecule has 0 heterocycles. The van der Waals surface area contributed by atoms with Gasteiger partial charge in [0.25, 0.3) is 0 Å². The number of rotatable bonds is 5. The van der Waals surface area contributed by atoms with Gasteiger partial charge in [-0.05, 0) is 31.0 Å². The smallest absolute Gasteiger partial charge is 0.339 e. The summed E-state index contributed by atoms with van der Waals surface area (Å²) in [6, 6.07) is 16.0. The van der Waals surface area contributed by atoms with Crippen LogP contribution in [-0.4, -0.2) is 13.1 Å². The summed E-state index contributed by atoms with van der Waals surface area (Å²) < 4.78 is 4.83. The van der Waals surface area contributed by atoms with Crippen molar-refractivity contribution in [3.8, 4) is 0 Å². The van der Waals surface area contributed by atoms with E-state index in [1.54, 1.807) is 6.07 Å². The second-order valence-electron chi connectivity index (χ2n) is 5.05. The van der Waals surface area contributed by atoms with E-state index in [4.69, 9.17) is 4.74 Å². The van der Waals surface area contributed by atoms with Crippen LogP contribution in [-0.2, 0) is 4.74 Å². The lowest BCUT2D eigenvalue weighted by molar-refractivity contribution is 0.0602. The van der Waals surface area contributed by atoms with E-state index in [1.807, 2.05) is 18.2 Å². The van der Waals surface area contributed by atoms with E-state index < -0.39 is 0 Å². The largest absolute Gasteiger partial charge is 0.465 e. The molecule has 0 saturated carbocycles. The predicted octanol–water partition coefficient (Wildman–Crippen LogP) is 4.34. The molecular formula is C18H21NO2. The minimum atomic E-state index is -0.322. The molecule has 0 aliphatic rings. The maximum absolute atomic E-state index is 11.8. The Morgan fingerprint density at radius 1 is 1.14 bits per heavy atom. The van der Waals surface area contributed by atoms with Crippen molar-refractivity contribution in [1.82, 2.24) is 0 Å². The van der Waals surface area contributed by atoms with Gasteiger partial charge in [0.05, 0.1) is 18.7 Å². The van der Waals surface area contributed by atoms with Crippen molar-refractivity contribution in [2.24, 2.45) is 0 Å². The molecule has 0 amide bonds. The minimum Gasteiger partial charge on any atom is -0.465 e. The zero-order valence-corrected chi connectivity index (χ0v) is 12.7. The number of anilines is 1. The number of carbonyl (C=O) groups is 1. The Labute approximate surface area is 126 Å². The topological polar surface area (TPSA) is 38.3 Å². The lowest BCUT2D eigenvalue weighted by atomic mass is 10.0. The van der Waals surface area contributed by atoms with Crippen LogP contribution in [0.3, 0.4) is 0 Å². The summed E-state index contributed by atoms with van der Waals surface area (Å²) in [5.74, 6) is -0.322. The molecule has 0 fully saturated rings. The fraction of sp³-hybridized carbons (Fsp3) is 0.278. The molecule has 0 bridgehead atoms. The Hall–Kier alpha value is -2.29. The van der Waals surface area contributed by atoms with E-state index in [9.17, 15) is 4.79 Å². The summed E-state index contributed by atoms with van der Waals surface area (Å²) in [5, 5.41) is 3.45. The standard InChI is InChI=1S/C18H21NO2/c1-4-16(14-11-9-13(2)10-12-14)19-17-8-6-5-7-15(17)18(20)21-3/h5-12,16,19H,4H2,1-3H3. The first kappa shape index (κ1) is 15.1. The average molecular weight is 283 g/mol. The molecule has 1 unspecified atom stereocenters. The molecule has 0 saturated heterocycles. The highest BCUT2D eigenvalue weighted by molar-refractivity contribution is 5.95. The molecule has 2 rings (SSSR count). The number of benzene rings is 2. The number of hydrogen-bond acceptors (Lipinski definition) is 3. The lowest BCUT2D eigenvalue weighted by Gasteiger charge is -2.20. The van der Waals surface area contributed by atoms with Gasteiger partial charge < -0.3 is 10.1 Å². The predicted molar refractivity (Wildman–Crippen MR) is 85.6 cm³/mol. The number of nitrogens with one attached hydrogen (secondary N) is 1. The van der Waals surface area contributed by atoms with Crippen molar-refractivity contribution in [2.75, 3.05) is 12.4 Å². The fourth-order valence-corrected chi connectivity index (χ4v) is 2.30. The number of ether oxygens (including phenoxy) is 1. The van der Waals surface area contributed by atoms with Crippen LogP contribution in [0.1, 0.15) is 40.9 Å². The van der Waals surface area contributed by atoms with Crippen LogP contribution in [0.25, 0.3) is 0 Å². The van der Waals surface area contributed by atoms with Crippen LogP contribution < -0.4 is 5.32 Å². The molecule has 3 heteroatoms. The number of aryl methyl sites for hydroxylation is 1. The Morgan fingerprint density at radius 3 is 2.43 bits per heavy atom. The molecular weight excluding hydrogens is 262 g/mol. The summed E-state index contributed by atoms with van der Waals surface area (Å²) in [6.45, 7) is 4.20. The molecule has 0 aliphatic carbocycles. The first-order valence-electron chi connectivity index (χ1n) is 7.16. The van der Waals surface area contributed by atoms with Crippen LogP contribution >= 0.6 is 0 Å². The third-order valence-corrected chi connectivity index (χ3v) is 3.55. The molecule has 0 spiro atoms. The van der Waals surface area contributed by atoms with Crippen LogP contribution in [0.2, 0.25) is 0 Å². The van der Waals surface area contributed by atoms with Gasteiger partial charge in [-0.15, -0.1) is 0 Å². The van der Waals surface area contributed by atoms with E-state index in [-0.39, 0.29) is 12.0 Å². The maximum atomic E-state index is 11.8. The van der Waals surface area contributed by atoms with Crippen molar-refractivity contribution in [3.63, 3.8) is 0 Å². The summed E-state index contributed by atoms with van der Waals surface area (Å²) in [6.07, 6.45) is 0.929. The van der Waals surface area contributed by atoms with Crippen molar-refractivity contribution in [2.45, 2.75) is 26.3 Å². The fourth-order valence-electron chi connectivity index (χ4n) is 2.30. The zero-order chi connectivity index (χ0) is 15.2. The van der Waals surface area contributed by atoms with Crippen molar-refractivity contribution >= 4 is 11.7 Å². The Bertz CT molecular complexity index is 605. The van der Waals surface area contributed by atoms with Crippen molar-refractivity contribution < 1.29 is 9.53 Å². The molecule has 0 aromatic heterocycles. The van der Waals surface area contributed by atoms with Gasteiger partial charge in [-0.25, -0.2) is 4.79 Å². The molecule has 1 atom stereocenters. The molecule has 1 N–H and O–H groups in total. The molecule has 2 aromatic rings. The third kappa shape index (κ3) is 3.63. The van der Waals surface area contributed by atoms with Crippen LogP contribution in [0.4, 0.5) is 5.69 Å². The van der Waals surface area contributed by atoms with Crippen molar-refractivity contribution in [1.29, 1.82) is 0 Å². The van der Waals surface area contributed by atoms with Gasteiger partial charge in [-0.1, -0.05) is 48.9 Å². The molecule has 3 nitrogen and oxygen atoms in total. The number of esters is 1. The highest BCUT2D eigenvalue weighted by atomic mass is 16.5. The summed E-state index contributed by atoms with van der Waals surface area (Å²) in [7, 11) is 1.40. The summed E-state index contributed by atoms with van der Waals surface area (Å²) >= 11 is 0. The monoisotopic (exact) mass is 283 g/mol. The first-order valence-corrected chi connectivity index (χ1v) is 7.16. The van der Waals surface area contributed by atoms with Gasteiger partial charge in [-0.2, -0.15) is 0 Å². The highest BCUT2D eigenvalue weighted by Gasteiger charge is 2.15. The first-order chi connectivity index (χ1) is 10.2. The summed E-state index contributed by atoms with van der Waals surface area (Å²) in [5.41, 5.74) is 3.81. The Morgan fingerprint density at radius 2 is 1.81 bits per heavy atom. The number of carbonyl (C=O) groups excluding carboxylic acids is 1. The van der Waals surface area contributed by atoms with Gasteiger partial charge in [0.2, 0.25) is 0 Å². The van der Waals surface area contributed by atoms with Crippen LogP contribution in [0.5, 0.6) is 0 Å². The van der Waals surface area contributed by atoms with Gasteiger partial charge in [0.15, 0.2) is 0 Å². The van der Waals surface area contributed by atoms with Gasteiger partial charge in [0.1, 0.15) is 0 Å². The second-order valence-corrected chi connectivity index (χ2v) is 5.05. The van der Waals surface area contributed by atoms with E-state index in [0.717, 1.165) is 12.1 Å². The lowest BCUT2D eigenvalue weighted by Crippen LogP contribution is -2.13. The molecule has 0 aliphatic heterocycles. The average Bonchev–Trinajstić information content (AvgIpc) is 2.53. The minimum absolute atomic E-state index is 0.163. The number of para-hydroxylation sites is 1. The second kappa shape index (κ2) is 6.93. The van der Waals surface area contributed by atoms with Gasteiger partial charge >= 0.3 is 5.97 Å². The molecule has 0 radical (unpaired) electrons. The zero-order valence-electron chi connectivity index (χ0n) is 12.7. The number of methoxy groups -OCH3 is 1. The normalized spacial score (nSPS) is 11.8. The molecule has 21 heavy (non-hydrogen) atoms. The van der Waals surface area contributed by atoms with Crippen LogP contribution in [0.15, 0.2) is 48.5 Å². The van der Waals surface area contributed by atoms with E-state index in [0.29, 0.717) is 5.56 Å². The van der Waals surface area contributed by atoms with Gasteiger partial charge in [0, 0.05) is 5.69 Å².